The highest BCUT2D eigenvalue weighted by atomic mass is 32.1. The zero-order chi connectivity index (χ0) is 20.4. The van der Waals surface area contributed by atoms with Crippen molar-refractivity contribution in [2.45, 2.75) is 33.2 Å². The van der Waals surface area contributed by atoms with Crippen molar-refractivity contribution >= 4 is 23.2 Å². The minimum Gasteiger partial charge on any atom is -0.461 e. The summed E-state index contributed by atoms with van der Waals surface area (Å²) in [5.41, 5.74) is 0.995. The predicted molar refractivity (Wildman–Crippen MR) is 105 cm³/mol. The topological polar surface area (TPSA) is 68.7 Å². The summed E-state index contributed by atoms with van der Waals surface area (Å²) in [6, 6.07) is 5.89. The predicted octanol–water partition coefficient (Wildman–Crippen LogP) is 3.46. The molecule has 0 aliphatic heterocycles. The van der Waals surface area contributed by atoms with Crippen LogP contribution in [0.1, 0.15) is 41.3 Å². The number of amides is 1. The highest BCUT2D eigenvalue weighted by molar-refractivity contribution is 7.09. The van der Waals surface area contributed by atoms with Crippen molar-refractivity contribution in [2.75, 3.05) is 26.4 Å². The molecule has 1 aromatic heterocycles. The molecule has 0 aliphatic carbocycles. The Morgan fingerprint density at radius 3 is 2.61 bits per heavy atom. The van der Waals surface area contributed by atoms with Gasteiger partial charge >= 0.3 is 5.97 Å². The molecule has 2 rings (SSSR count). The zero-order valence-corrected chi connectivity index (χ0v) is 17.0. The first-order valence-corrected chi connectivity index (χ1v) is 10.1. The monoisotopic (exact) mass is 408 g/mol. The average molecular weight is 408 g/mol. The van der Waals surface area contributed by atoms with Gasteiger partial charge < -0.3 is 14.4 Å². The average Bonchev–Trinajstić information content (AvgIpc) is 3.15. The van der Waals surface area contributed by atoms with Gasteiger partial charge in [-0.1, -0.05) is 12.1 Å². The molecule has 0 radical (unpaired) electrons. The Morgan fingerprint density at radius 1 is 1.18 bits per heavy atom. The maximum atomic E-state index is 13.1. The molecule has 28 heavy (non-hydrogen) atoms. The fourth-order valence-corrected chi connectivity index (χ4v) is 3.31. The molecular weight excluding hydrogens is 383 g/mol. The summed E-state index contributed by atoms with van der Waals surface area (Å²) in [7, 11) is 0. The van der Waals surface area contributed by atoms with Gasteiger partial charge in [-0.3, -0.25) is 4.79 Å². The molecule has 6 nitrogen and oxygen atoms in total. The molecular formula is C20H25FN2O4S. The number of carbonyl (C=O) groups is 2. The number of halogens is 1. The van der Waals surface area contributed by atoms with E-state index in [9.17, 15) is 14.0 Å². The van der Waals surface area contributed by atoms with Crippen LogP contribution >= 0.6 is 11.3 Å². The van der Waals surface area contributed by atoms with Gasteiger partial charge in [0.15, 0.2) is 5.69 Å². The van der Waals surface area contributed by atoms with Crippen LogP contribution in [0.2, 0.25) is 0 Å². The number of aromatic nitrogens is 1. The molecule has 0 N–H and O–H groups in total. The molecule has 8 heteroatoms. The fraction of sp³-hybridized carbons (Fsp3) is 0.450. The number of hydrogen-bond donors (Lipinski definition) is 0. The van der Waals surface area contributed by atoms with Gasteiger partial charge in [-0.15, -0.1) is 11.3 Å². The first-order chi connectivity index (χ1) is 13.5. The van der Waals surface area contributed by atoms with Crippen LogP contribution < -0.4 is 0 Å². The number of hydrogen-bond acceptors (Lipinski definition) is 6. The third-order valence-corrected chi connectivity index (χ3v) is 4.74. The summed E-state index contributed by atoms with van der Waals surface area (Å²) >= 11 is 1.31. The first kappa shape index (κ1) is 22.0. The zero-order valence-electron chi connectivity index (χ0n) is 16.2. The number of thiazole rings is 1. The second-order valence-electron chi connectivity index (χ2n) is 6.02. The normalized spacial score (nSPS) is 10.7. The fourth-order valence-electron chi connectivity index (χ4n) is 2.53. The van der Waals surface area contributed by atoms with Crippen LogP contribution in [0.15, 0.2) is 29.6 Å². The largest absolute Gasteiger partial charge is 0.461 e. The number of esters is 1. The maximum Gasteiger partial charge on any atom is 0.357 e. The Morgan fingerprint density at radius 2 is 1.93 bits per heavy atom. The standard InChI is InChI=1S/C20H25FN2O4S/c1-3-26-11-5-10-23(19(24)12-15-6-8-16(21)9-7-15)13-18-22-17(14-28-18)20(25)27-4-2/h6-9,14H,3-5,10-13H2,1-2H3. The molecule has 0 aliphatic rings. The number of benzene rings is 1. The van der Waals surface area contributed by atoms with E-state index in [1.54, 1.807) is 29.3 Å². The van der Waals surface area contributed by atoms with Crippen LogP contribution in [0.5, 0.6) is 0 Å². The van der Waals surface area contributed by atoms with Crippen LogP contribution in [-0.2, 0) is 27.2 Å². The lowest BCUT2D eigenvalue weighted by molar-refractivity contribution is -0.131. The second kappa shape index (κ2) is 11.5. The van der Waals surface area contributed by atoms with Crippen molar-refractivity contribution in [3.8, 4) is 0 Å². The minimum absolute atomic E-state index is 0.0870. The summed E-state index contributed by atoms with van der Waals surface area (Å²) in [6.45, 7) is 5.93. The summed E-state index contributed by atoms with van der Waals surface area (Å²) < 4.78 is 23.4. The van der Waals surface area contributed by atoms with E-state index in [0.717, 1.165) is 5.56 Å². The Balaban J connectivity index is 2.04. The van der Waals surface area contributed by atoms with E-state index in [-0.39, 0.29) is 30.4 Å². The van der Waals surface area contributed by atoms with E-state index in [1.807, 2.05) is 6.92 Å². The van der Waals surface area contributed by atoms with E-state index in [0.29, 0.717) is 37.7 Å². The van der Waals surface area contributed by atoms with Gasteiger partial charge in [0.2, 0.25) is 5.91 Å². The van der Waals surface area contributed by atoms with E-state index < -0.39 is 5.97 Å². The Labute approximate surface area is 168 Å². The van der Waals surface area contributed by atoms with Crippen molar-refractivity contribution < 1.29 is 23.5 Å². The van der Waals surface area contributed by atoms with Crippen LogP contribution in [-0.4, -0.2) is 48.1 Å². The van der Waals surface area contributed by atoms with Crippen molar-refractivity contribution in [1.29, 1.82) is 0 Å². The Bertz CT molecular complexity index is 764. The minimum atomic E-state index is -0.467. The quantitative estimate of drug-likeness (QED) is 0.421. The summed E-state index contributed by atoms with van der Waals surface area (Å²) in [5, 5.41) is 2.29. The molecule has 0 saturated heterocycles. The van der Waals surface area contributed by atoms with Crippen molar-refractivity contribution in [2.24, 2.45) is 0 Å². The van der Waals surface area contributed by atoms with Crippen LogP contribution in [0.25, 0.3) is 0 Å². The van der Waals surface area contributed by atoms with Gasteiger partial charge in [0, 0.05) is 25.1 Å². The van der Waals surface area contributed by atoms with Gasteiger partial charge in [-0.25, -0.2) is 14.2 Å². The molecule has 1 heterocycles. The smallest absolute Gasteiger partial charge is 0.357 e. The molecule has 152 valence electrons. The third-order valence-electron chi connectivity index (χ3n) is 3.90. The lowest BCUT2D eigenvalue weighted by Gasteiger charge is -2.22. The highest BCUT2D eigenvalue weighted by Crippen LogP contribution is 2.15. The molecule has 2 aromatic rings. The van der Waals surface area contributed by atoms with Crippen LogP contribution in [0.4, 0.5) is 4.39 Å². The molecule has 1 aromatic carbocycles. The van der Waals surface area contributed by atoms with Crippen molar-refractivity contribution in [3.05, 3.63) is 51.7 Å². The number of rotatable bonds is 11. The van der Waals surface area contributed by atoms with Crippen LogP contribution in [0, 0.1) is 5.82 Å². The third kappa shape index (κ3) is 7.01. The number of carbonyl (C=O) groups excluding carboxylic acids is 2. The molecule has 1 amide bonds. The van der Waals surface area contributed by atoms with E-state index in [2.05, 4.69) is 4.98 Å². The van der Waals surface area contributed by atoms with E-state index >= 15 is 0 Å². The van der Waals surface area contributed by atoms with Gasteiger partial charge in [0.05, 0.1) is 19.6 Å². The molecule has 0 fully saturated rings. The molecule has 0 unspecified atom stereocenters. The summed E-state index contributed by atoms with van der Waals surface area (Å²) in [6.07, 6.45) is 0.865. The van der Waals surface area contributed by atoms with Crippen LogP contribution in [0.3, 0.4) is 0 Å². The van der Waals surface area contributed by atoms with Crippen molar-refractivity contribution in [3.63, 3.8) is 0 Å². The lowest BCUT2D eigenvalue weighted by atomic mass is 10.1. The molecule has 0 spiro atoms. The first-order valence-electron chi connectivity index (χ1n) is 9.25. The Hall–Kier alpha value is -2.32. The van der Waals surface area contributed by atoms with E-state index in [1.165, 1.54) is 23.5 Å². The Kier molecular flexibility index (Phi) is 9.03. The number of ether oxygens (including phenoxy) is 2. The maximum absolute atomic E-state index is 13.1. The summed E-state index contributed by atoms with van der Waals surface area (Å²) in [5.74, 6) is -0.888. The summed E-state index contributed by atoms with van der Waals surface area (Å²) in [4.78, 5) is 30.5. The number of nitrogens with zero attached hydrogens (tertiary/aromatic N) is 2. The van der Waals surface area contributed by atoms with Crippen molar-refractivity contribution in [1.82, 2.24) is 9.88 Å². The van der Waals surface area contributed by atoms with Gasteiger partial charge in [0.1, 0.15) is 10.8 Å². The highest BCUT2D eigenvalue weighted by Gasteiger charge is 2.18. The van der Waals surface area contributed by atoms with Gasteiger partial charge in [0.25, 0.3) is 0 Å². The second-order valence-corrected chi connectivity index (χ2v) is 6.96. The van der Waals surface area contributed by atoms with Gasteiger partial charge in [-0.2, -0.15) is 0 Å². The molecule has 0 bridgehead atoms. The molecule has 0 atom stereocenters. The molecule has 0 saturated carbocycles. The lowest BCUT2D eigenvalue weighted by Crippen LogP contribution is -2.33. The SMILES string of the molecule is CCOCCCN(Cc1nc(C(=O)OCC)cs1)C(=O)Cc1ccc(F)cc1. The van der Waals surface area contributed by atoms with E-state index in [4.69, 9.17) is 9.47 Å². The van der Waals surface area contributed by atoms with Gasteiger partial charge in [-0.05, 0) is 38.0 Å².